The highest BCUT2D eigenvalue weighted by Gasteiger charge is 2.34. The van der Waals surface area contributed by atoms with Gasteiger partial charge in [-0.1, -0.05) is 39.5 Å². The van der Waals surface area contributed by atoms with Crippen molar-refractivity contribution in [2.45, 2.75) is 89.6 Å². The molecule has 3 nitrogen and oxygen atoms in total. The van der Waals surface area contributed by atoms with Gasteiger partial charge in [0.05, 0.1) is 0 Å². The zero-order valence-corrected chi connectivity index (χ0v) is 13.6. The number of hydrogen-bond donors (Lipinski definition) is 2. The van der Waals surface area contributed by atoms with Crippen LogP contribution in [0.25, 0.3) is 0 Å². The standard InChI is InChI=1S/C17H32N2O/c1-16(2)9-7-8-14(12-16)19-15(20)13-17(18-3)10-5-4-6-11-17/h14,18H,4-13H2,1-3H3,(H,19,20). The van der Waals surface area contributed by atoms with Gasteiger partial charge in [0, 0.05) is 18.0 Å². The van der Waals surface area contributed by atoms with Gasteiger partial charge in [-0.25, -0.2) is 0 Å². The van der Waals surface area contributed by atoms with E-state index in [9.17, 15) is 4.79 Å². The summed E-state index contributed by atoms with van der Waals surface area (Å²) in [5, 5.41) is 6.74. The van der Waals surface area contributed by atoms with E-state index in [1.807, 2.05) is 7.05 Å². The van der Waals surface area contributed by atoms with E-state index in [0.717, 1.165) is 25.7 Å². The molecule has 0 aromatic rings. The van der Waals surface area contributed by atoms with Crippen LogP contribution in [-0.4, -0.2) is 24.5 Å². The van der Waals surface area contributed by atoms with Crippen LogP contribution in [0.1, 0.15) is 78.1 Å². The summed E-state index contributed by atoms with van der Waals surface area (Å²) in [5.74, 6) is 0.254. The highest BCUT2D eigenvalue weighted by Crippen LogP contribution is 2.35. The number of amides is 1. The molecule has 1 unspecified atom stereocenters. The fourth-order valence-electron chi connectivity index (χ4n) is 4.15. The average molecular weight is 280 g/mol. The van der Waals surface area contributed by atoms with Gasteiger partial charge in [-0.2, -0.15) is 0 Å². The number of hydrogen-bond acceptors (Lipinski definition) is 2. The fourth-order valence-corrected chi connectivity index (χ4v) is 4.15. The van der Waals surface area contributed by atoms with Gasteiger partial charge in [-0.3, -0.25) is 4.79 Å². The molecule has 0 aromatic carbocycles. The predicted octanol–water partition coefficient (Wildman–Crippen LogP) is 3.38. The van der Waals surface area contributed by atoms with Gasteiger partial charge in [0.1, 0.15) is 0 Å². The van der Waals surface area contributed by atoms with E-state index in [1.165, 1.54) is 32.1 Å². The normalized spacial score (nSPS) is 28.9. The zero-order chi connectivity index (χ0) is 14.6. The molecule has 0 aromatic heterocycles. The van der Waals surface area contributed by atoms with Crippen molar-refractivity contribution in [1.82, 2.24) is 10.6 Å². The van der Waals surface area contributed by atoms with E-state index in [-0.39, 0.29) is 11.4 Å². The van der Waals surface area contributed by atoms with Crippen LogP contribution in [0.4, 0.5) is 0 Å². The fraction of sp³-hybridized carbons (Fsp3) is 0.941. The third kappa shape index (κ3) is 4.21. The quantitative estimate of drug-likeness (QED) is 0.829. The first kappa shape index (κ1) is 15.8. The van der Waals surface area contributed by atoms with Gasteiger partial charge in [-0.05, 0) is 44.6 Å². The molecular weight excluding hydrogens is 248 g/mol. The Bertz CT molecular complexity index is 332. The second kappa shape index (κ2) is 6.46. The van der Waals surface area contributed by atoms with Crippen molar-refractivity contribution in [3.8, 4) is 0 Å². The molecule has 20 heavy (non-hydrogen) atoms. The van der Waals surface area contributed by atoms with E-state index in [1.54, 1.807) is 0 Å². The summed E-state index contributed by atoms with van der Waals surface area (Å²) in [4.78, 5) is 12.4. The highest BCUT2D eigenvalue weighted by atomic mass is 16.1. The summed E-state index contributed by atoms with van der Waals surface area (Å²) >= 11 is 0. The number of rotatable bonds is 4. The van der Waals surface area contributed by atoms with Crippen molar-refractivity contribution in [2.24, 2.45) is 5.41 Å². The van der Waals surface area contributed by atoms with Crippen LogP contribution in [0.5, 0.6) is 0 Å². The van der Waals surface area contributed by atoms with Crippen molar-refractivity contribution in [2.75, 3.05) is 7.05 Å². The van der Waals surface area contributed by atoms with Crippen molar-refractivity contribution < 1.29 is 4.79 Å². The molecule has 0 spiro atoms. The first-order chi connectivity index (χ1) is 9.45. The summed E-state index contributed by atoms with van der Waals surface area (Å²) in [6, 6.07) is 0.392. The van der Waals surface area contributed by atoms with Gasteiger partial charge in [0.15, 0.2) is 0 Å². The van der Waals surface area contributed by atoms with Crippen LogP contribution in [0.15, 0.2) is 0 Å². The van der Waals surface area contributed by atoms with Gasteiger partial charge in [0.25, 0.3) is 0 Å². The van der Waals surface area contributed by atoms with Crippen LogP contribution in [-0.2, 0) is 4.79 Å². The Morgan fingerprint density at radius 3 is 2.40 bits per heavy atom. The molecule has 0 radical (unpaired) electrons. The lowest BCUT2D eigenvalue weighted by atomic mass is 9.75. The third-order valence-electron chi connectivity index (χ3n) is 5.41. The van der Waals surface area contributed by atoms with E-state index < -0.39 is 0 Å². The van der Waals surface area contributed by atoms with Crippen molar-refractivity contribution in [3.63, 3.8) is 0 Å². The van der Waals surface area contributed by atoms with Crippen molar-refractivity contribution in [1.29, 1.82) is 0 Å². The Labute approximate surface area is 124 Å². The SMILES string of the molecule is CNC1(CC(=O)NC2CCCC(C)(C)C2)CCCCC1. The molecule has 0 saturated heterocycles. The molecule has 116 valence electrons. The van der Waals surface area contributed by atoms with Gasteiger partial charge >= 0.3 is 0 Å². The second-order valence-electron chi connectivity index (χ2n) is 7.79. The van der Waals surface area contributed by atoms with Crippen molar-refractivity contribution in [3.05, 3.63) is 0 Å². The van der Waals surface area contributed by atoms with Crippen LogP contribution >= 0.6 is 0 Å². The Hall–Kier alpha value is -0.570. The molecule has 2 saturated carbocycles. The smallest absolute Gasteiger partial charge is 0.222 e. The maximum Gasteiger partial charge on any atom is 0.222 e. The number of carbonyl (C=O) groups is 1. The van der Waals surface area contributed by atoms with Crippen LogP contribution < -0.4 is 10.6 Å². The topological polar surface area (TPSA) is 41.1 Å². The molecular formula is C17H32N2O. The highest BCUT2D eigenvalue weighted by molar-refractivity contribution is 5.77. The predicted molar refractivity (Wildman–Crippen MR) is 83.7 cm³/mol. The number of nitrogens with one attached hydrogen (secondary N) is 2. The molecule has 0 heterocycles. The van der Waals surface area contributed by atoms with Crippen LogP contribution in [0.2, 0.25) is 0 Å². The molecule has 2 fully saturated rings. The van der Waals surface area contributed by atoms with Gasteiger partial charge < -0.3 is 10.6 Å². The Morgan fingerprint density at radius 2 is 1.80 bits per heavy atom. The minimum absolute atomic E-state index is 0.0620. The van der Waals surface area contributed by atoms with Gasteiger partial charge in [-0.15, -0.1) is 0 Å². The molecule has 0 aliphatic heterocycles. The summed E-state index contributed by atoms with van der Waals surface area (Å²) in [6.45, 7) is 4.64. The molecule has 2 N–H and O–H groups in total. The molecule has 2 rings (SSSR count). The molecule has 3 heteroatoms. The lowest BCUT2D eigenvalue weighted by molar-refractivity contribution is -0.124. The largest absolute Gasteiger partial charge is 0.353 e. The number of carbonyl (C=O) groups excluding carboxylic acids is 1. The van der Waals surface area contributed by atoms with E-state index >= 15 is 0 Å². The minimum atomic E-state index is 0.0620. The summed E-state index contributed by atoms with van der Waals surface area (Å²) < 4.78 is 0. The first-order valence-corrected chi connectivity index (χ1v) is 8.43. The monoisotopic (exact) mass is 280 g/mol. The maximum atomic E-state index is 12.4. The minimum Gasteiger partial charge on any atom is -0.353 e. The van der Waals surface area contributed by atoms with E-state index in [2.05, 4.69) is 24.5 Å². The van der Waals surface area contributed by atoms with Gasteiger partial charge in [0.2, 0.25) is 5.91 Å². The van der Waals surface area contributed by atoms with Crippen LogP contribution in [0.3, 0.4) is 0 Å². The third-order valence-corrected chi connectivity index (χ3v) is 5.41. The lowest BCUT2D eigenvalue weighted by Gasteiger charge is -2.39. The average Bonchev–Trinajstić information content (AvgIpc) is 2.38. The molecule has 0 bridgehead atoms. The molecule has 1 amide bonds. The maximum absolute atomic E-state index is 12.4. The van der Waals surface area contributed by atoms with Crippen molar-refractivity contribution >= 4 is 5.91 Å². The first-order valence-electron chi connectivity index (χ1n) is 8.43. The zero-order valence-electron chi connectivity index (χ0n) is 13.6. The lowest BCUT2D eigenvalue weighted by Crippen LogP contribution is -2.50. The molecule has 2 aliphatic rings. The molecule has 1 atom stereocenters. The summed E-state index contributed by atoms with van der Waals surface area (Å²) in [7, 11) is 2.02. The Balaban J connectivity index is 1.85. The Morgan fingerprint density at radius 1 is 1.10 bits per heavy atom. The summed E-state index contributed by atoms with van der Waals surface area (Å²) in [6.07, 6.45) is 11.6. The van der Waals surface area contributed by atoms with Crippen LogP contribution in [0, 0.1) is 5.41 Å². The summed E-state index contributed by atoms with van der Waals surface area (Å²) in [5.41, 5.74) is 0.453. The second-order valence-corrected chi connectivity index (χ2v) is 7.79. The van der Waals surface area contributed by atoms with E-state index in [4.69, 9.17) is 0 Å². The van der Waals surface area contributed by atoms with E-state index in [0.29, 0.717) is 17.9 Å². The molecule has 2 aliphatic carbocycles. The Kier molecular flexibility index (Phi) is 5.11.